The Bertz CT molecular complexity index is 465. The topological polar surface area (TPSA) is 66.4 Å². The standard InChI is InChI=1S/C12H13ClINO3/c1-2-3-10(12(17)18)15-11(16)7-4-5-9(14)8(13)6-7/h4-6,10H,2-3H2,1H3,(H,15,16)(H,17,18)/t10-/m1/s1. The summed E-state index contributed by atoms with van der Waals surface area (Å²) in [5, 5.41) is 11.9. The summed E-state index contributed by atoms with van der Waals surface area (Å²) in [4.78, 5) is 22.8. The van der Waals surface area contributed by atoms with Crippen molar-refractivity contribution in [3.8, 4) is 0 Å². The van der Waals surface area contributed by atoms with E-state index >= 15 is 0 Å². The van der Waals surface area contributed by atoms with Crippen LogP contribution < -0.4 is 5.32 Å². The summed E-state index contributed by atoms with van der Waals surface area (Å²) in [6, 6.07) is 4.01. The summed E-state index contributed by atoms with van der Waals surface area (Å²) < 4.78 is 0.842. The van der Waals surface area contributed by atoms with Gasteiger partial charge in [0.2, 0.25) is 0 Å². The van der Waals surface area contributed by atoms with Crippen LogP contribution in [0.2, 0.25) is 5.02 Å². The summed E-state index contributed by atoms with van der Waals surface area (Å²) in [5.41, 5.74) is 0.364. The first-order chi connectivity index (χ1) is 8.45. The Kier molecular flexibility index (Phi) is 5.87. The summed E-state index contributed by atoms with van der Waals surface area (Å²) in [6.07, 6.45) is 1.09. The normalized spacial score (nSPS) is 11.9. The number of aliphatic carboxylic acids is 1. The average Bonchev–Trinajstić information content (AvgIpc) is 2.31. The van der Waals surface area contributed by atoms with E-state index in [-0.39, 0.29) is 0 Å². The molecule has 98 valence electrons. The highest BCUT2D eigenvalue weighted by Crippen LogP contribution is 2.19. The molecule has 1 rings (SSSR count). The van der Waals surface area contributed by atoms with Crippen molar-refractivity contribution in [2.45, 2.75) is 25.8 Å². The van der Waals surface area contributed by atoms with Gasteiger partial charge in [-0.25, -0.2) is 4.79 Å². The summed E-state index contributed by atoms with van der Waals surface area (Å²) in [6.45, 7) is 1.86. The largest absolute Gasteiger partial charge is 0.480 e. The Morgan fingerprint density at radius 1 is 1.50 bits per heavy atom. The van der Waals surface area contributed by atoms with Crippen molar-refractivity contribution in [1.29, 1.82) is 0 Å². The molecule has 1 aromatic rings. The molecule has 0 unspecified atom stereocenters. The third kappa shape index (κ3) is 4.13. The number of hydrogen-bond acceptors (Lipinski definition) is 2. The smallest absolute Gasteiger partial charge is 0.326 e. The molecule has 0 radical (unpaired) electrons. The van der Waals surface area contributed by atoms with E-state index in [1.807, 2.05) is 6.92 Å². The van der Waals surface area contributed by atoms with E-state index in [1.54, 1.807) is 12.1 Å². The molecule has 0 aliphatic heterocycles. The minimum absolute atomic E-state index is 0.364. The molecule has 1 aromatic carbocycles. The highest BCUT2D eigenvalue weighted by Gasteiger charge is 2.19. The summed E-state index contributed by atoms with van der Waals surface area (Å²) in [7, 11) is 0. The molecule has 0 saturated carbocycles. The minimum atomic E-state index is -1.03. The van der Waals surface area contributed by atoms with Crippen LogP contribution in [0.1, 0.15) is 30.1 Å². The van der Waals surface area contributed by atoms with Crippen molar-refractivity contribution in [2.24, 2.45) is 0 Å². The highest BCUT2D eigenvalue weighted by atomic mass is 127. The maximum Gasteiger partial charge on any atom is 0.326 e. The summed E-state index contributed by atoms with van der Waals surface area (Å²) >= 11 is 7.97. The Balaban J connectivity index is 2.80. The van der Waals surface area contributed by atoms with Crippen LogP contribution in [0, 0.1) is 3.57 Å². The molecule has 0 bridgehead atoms. The SMILES string of the molecule is CCC[C@@H](NC(=O)c1ccc(I)c(Cl)c1)C(=O)O. The van der Waals surface area contributed by atoms with Gasteiger partial charge in [0.15, 0.2) is 0 Å². The summed E-state index contributed by atoms with van der Waals surface area (Å²) in [5.74, 6) is -1.45. The number of carbonyl (C=O) groups is 2. The lowest BCUT2D eigenvalue weighted by Crippen LogP contribution is -2.40. The highest BCUT2D eigenvalue weighted by molar-refractivity contribution is 14.1. The molecule has 0 aliphatic carbocycles. The second kappa shape index (κ2) is 6.94. The Morgan fingerprint density at radius 2 is 2.17 bits per heavy atom. The number of carbonyl (C=O) groups excluding carboxylic acids is 1. The zero-order chi connectivity index (χ0) is 13.7. The lowest BCUT2D eigenvalue weighted by molar-refractivity contribution is -0.139. The van der Waals surface area contributed by atoms with Gasteiger partial charge >= 0.3 is 5.97 Å². The molecule has 1 atom stereocenters. The third-order valence-corrected chi connectivity index (χ3v) is 3.93. The average molecular weight is 382 g/mol. The van der Waals surface area contributed by atoms with E-state index in [4.69, 9.17) is 16.7 Å². The van der Waals surface area contributed by atoms with Crippen molar-refractivity contribution in [2.75, 3.05) is 0 Å². The molecule has 2 N–H and O–H groups in total. The van der Waals surface area contributed by atoms with E-state index in [1.165, 1.54) is 6.07 Å². The van der Waals surface area contributed by atoms with E-state index in [2.05, 4.69) is 27.9 Å². The van der Waals surface area contributed by atoms with Crippen LogP contribution >= 0.6 is 34.2 Å². The molecule has 18 heavy (non-hydrogen) atoms. The van der Waals surface area contributed by atoms with Gasteiger partial charge in [0.25, 0.3) is 5.91 Å². The third-order valence-electron chi connectivity index (χ3n) is 2.36. The molecule has 0 spiro atoms. The van der Waals surface area contributed by atoms with Crippen LogP contribution in [0.3, 0.4) is 0 Å². The number of rotatable bonds is 5. The van der Waals surface area contributed by atoms with Gasteiger partial charge in [-0.2, -0.15) is 0 Å². The van der Waals surface area contributed by atoms with Gasteiger partial charge in [-0.05, 0) is 47.2 Å². The molecule has 0 saturated heterocycles. The van der Waals surface area contributed by atoms with Crippen LogP contribution in [0.15, 0.2) is 18.2 Å². The minimum Gasteiger partial charge on any atom is -0.480 e. The molecule has 0 fully saturated rings. The molecular formula is C12H13ClINO3. The molecule has 1 amide bonds. The fraction of sp³-hybridized carbons (Fsp3) is 0.333. The van der Waals surface area contributed by atoms with Gasteiger partial charge in [-0.3, -0.25) is 4.79 Å². The Morgan fingerprint density at radius 3 is 2.67 bits per heavy atom. The first-order valence-electron chi connectivity index (χ1n) is 5.44. The molecule has 0 heterocycles. The maximum atomic E-state index is 11.9. The number of hydrogen-bond donors (Lipinski definition) is 2. The molecule has 0 aromatic heterocycles. The molecule has 4 nitrogen and oxygen atoms in total. The first kappa shape index (κ1) is 15.2. The van der Waals surface area contributed by atoms with Crippen molar-refractivity contribution < 1.29 is 14.7 Å². The zero-order valence-electron chi connectivity index (χ0n) is 9.74. The van der Waals surface area contributed by atoms with E-state index in [0.29, 0.717) is 23.4 Å². The fourth-order valence-corrected chi connectivity index (χ4v) is 1.94. The van der Waals surface area contributed by atoms with Crippen LogP contribution in [-0.2, 0) is 4.79 Å². The molecular weight excluding hydrogens is 368 g/mol. The van der Waals surface area contributed by atoms with Crippen molar-refractivity contribution in [1.82, 2.24) is 5.32 Å². The number of carboxylic acids is 1. The predicted molar refractivity (Wildman–Crippen MR) is 78.0 cm³/mol. The van der Waals surface area contributed by atoms with E-state index in [9.17, 15) is 9.59 Å². The van der Waals surface area contributed by atoms with Gasteiger partial charge < -0.3 is 10.4 Å². The first-order valence-corrected chi connectivity index (χ1v) is 6.90. The molecule has 0 aliphatic rings. The zero-order valence-corrected chi connectivity index (χ0v) is 12.7. The molecule has 6 heteroatoms. The Labute approximate surface area is 124 Å². The predicted octanol–water partition coefficient (Wildman–Crippen LogP) is 2.93. The Hall–Kier alpha value is -0.820. The lowest BCUT2D eigenvalue weighted by Gasteiger charge is -2.13. The number of nitrogens with one attached hydrogen (secondary N) is 1. The number of carboxylic acid groups (broad SMARTS) is 1. The van der Waals surface area contributed by atoms with Crippen LogP contribution in [0.4, 0.5) is 0 Å². The van der Waals surface area contributed by atoms with Gasteiger partial charge in [0.05, 0.1) is 5.02 Å². The number of benzene rings is 1. The number of amides is 1. The van der Waals surface area contributed by atoms with Gasteiger partial charge in [-0.1, -0.05) is 24.9 Å². The van der Waals surface area contributed by atoms with Crippen molar-refractivity contribution in [3.05, 3.63) is 32.4 Å². The van der Waals surface area contributed by atoms with Gasteiger partial charge in [0.1, 0.15) is 6.04 Å². The van der Waals surface area contributed by atoms with Gasteiger partial charge in [0, 0.05) is 9.13 Å². The van der Waals surface area contributed by atoms with Crippen LogP contribution in [0.5, 0.6) is 0 Å². The number of halogens is 2. The monoisotopic (exact) mass is 381 g/mol. The second-order valence-corrected chi connectivity index (χ2v) is 5.35. The quantitative estimate of drug-likeness (QED) is 0.771. The maximum absolute atomic E-state index is 11.9. The van der Waals surface area contributed by atoms with Crippen molar-refractivity contribution in [3.63, 3.8) is 0 Å². The lowest BCUT2D eigenvalue weighted by atomic mass is 10.1. The van der Waals surface area contributed by atoms with Crippen LogP contribution in [-0.4, -0.2) is 23.0 Å². The van der Waals surface area contributed by atoms with Crippen molar-refractivity contribution >= 4 is 46.1 Å². The fourth-order valence-electron chi connectivity index (χ4n) is 1.43. The van der Waals surface area contributed by atoms with Crippen LogP contribution in [0.25, 0.3) is 0 Å². The van der Waals surface area contributed by atoms with Gasteiger partial charge in [-0.15, -0.1) is 0 Å². The van der Waals surface area contributed by atoms with E-state index < -0.39 is 17.9 Å². The van der Waals surface area contributed by atoms with E-state index in [0.717, 1.165) is 3.57 Å². The second-order valence-electron chi connectivity index (χ2n) is 3.78.